The van der Waals surface area contributed by atoms with Gasteiger partial charge in [-0.05, 0) is 23.6 Å². The summed E-state index contributed by atoms with van der Waals surface area (Å²) in [5, 5.41) is 4.83. The molecule has 2 rings (SSSR count). The molecule has 0 saturated heterocycles. The zero-order valence-electron chi connectivity index (χ0n) is 11.1. The first kappa shape index (κ1) is 17.1. The Morgan fingerprint density at radius 2 is 1.86 bits per heavy atom. The maximum Gasteiger partial charge on any atom is 0.341 e. The minimum absolute atomic E-state index is 0.00170. The number of nitrogens with one attached hydrogen (secondary N) is 1. The van der Waals surface area contributed by atoms with Crippen LogP contribution in [0.5, 0.6) is 0 Å². The molecule has 0 spiro atoms. The zero-order chi connectivity index (χ0) is 16.1. The van der Waals surface area contributed by atoms with Gasteiger partial charge in [0.1, 0.15) is 0 Å². The molecule has 0 saturated carbocycles. The standard InChI is InChI=1S/C14H10Cl3NO3S/c15-9-3-4-10(16)13(17)12(9)14(20)21-7-11(19)18-6-8-2-1-5-22-8/h1-5H,6-7H2,(H,18,19). The van der Waals surface area contributed by atoms with Crippen molar-refractivity contribution in [2.45, 2.75) is 6.54 Å². The second-order valence-corrected chi connectivity index (χ2v) is 6.38. The Morgan fingerprint density at radius 1 is 1.14 bits per heavy atom. The third kappa shape index (κ3) is 4.36. The van der Waals surface area contributed by atoms with Crippen LogP contribution in [0.2, 0.25) is 15.1 Å². The third-order valence-electron chi connectivity index (χ3n) is 2.62. The van der Waals surface area contributed by atoms with E-state index in [1.54, 1.807) is 0 Å². The number of carbonyl (C=O) groups is 2. The molecular weight excluding hydrogens is 369 g/mol. The van der Waals surface area contributed by atoms with Crippen LogP contribution in [-0.4, -0.2) is 18.5 Å². The van der Waals surface area contributed by atoms with Gasteiger partial charge in [-0.25, -0.2) is 4.79 Å². The molecule has 1 aromatic carbocycles. The molecule has 0 bridgehead atoms. The van der Waals surface area contributed by atoms with Crippen LogP contribution >= 0.6 is 46.1 Å². The van der Waals surface area contributed by atoms with Gasteiger partial charge in [0, 0.05) is 4.88 Å². The Kier molecular flexibility index (Phi) is 6.08. The maximum absolute atomic E-state index is 11.9. The number of ether oxygens (including phenoxy) is 1. The van der Waals surface area contributed by atoms with Crippen LogP contribution in [0.25, 0.3) is 0 Å². The minimum Gasteiger partial charge on any atom is -0.452 e. The average molecular weight is 379 g/mol. The van der Waals surface area contributed by atoms with Gasteiger partial charge in [0.15, 0.2) is 6.61 Å². The molecule has 1 aromatic heterocycles. The molecule has 0 aliphatic carbocycles. The first-order valence-electron chi connectivity index (χ1n) is 6.08. The van der Waals surface area contributed by atoms with E-state index in [0.717, 1.165) is 4.88 Å². The van der Waals surface area contributed by atoms with Crippen LogP contribution in [0.4, 0.5) is 0 Å². The van der Waals surface area contributed by atoms with Crippen LogP contribution in [0.1, 0.15) is 15.2 Å². The van der Waals surface area contributed by atoms with E-state index < -0.39 is 18.5 Å². The Morgan fingerprint density at radius 3 is 2.55 bits per heavy atom. The smallest absolute Gasteiger partial charge is 0.341 e. The maximum atomic E-state index is 11.9. The van der Waals surface area contributed by atoms with Crippen molar-refractivity contribution in [1.82, 2.24) is 5.32 Å². The van der Waals surface area contributed by atoms with E-state index in [-0.39, 0.29) is 20.6 Å². The van der Waals surface area contributed by atoms with Crippen LogP contribution in [-0.2, 0) is 16.1 Å². The molecule has 116 valence electrons. The highest BCUT2D eigenvalue weighted by molar-refractivity contribution is 7.09. The van der Waals surface area contributed by atoms with E-state index in [1.807, 2.05) is 17.5 Å². The Balaban J connectivity index is 1.90. The van der Waals surface area contributed by atoms with Crippen molar-refractivity contribution >= 4 is 58.0 Å². The zero-order valence-corrected chi connectivity index (χ0v) is 14.2. The summed E-state index contributed by atoms with van der Waals surface area (Å²) in [5.41, 5.74) is -0.0538. The predicted octanol–water partition coefficient (Wildman–Crippen LogP) is 4.18. The lowest BCUT2D eigenvalue weighted by atomic mass is 10.2. The predicted molar refractivity (Wildman–Crippen MR) is 87.9 cm³/mol. The van der Waals surface area contributed by atoms with Crippen molar-refractivity contribution in [2.24, 2.45) is 0 Å². The summed E-state index contributed by atoms with van der Waals surface area (Å²) < 4.78 is 4.90. The average Bonchev–Trinajstić information content (AvgIpc) is 3.00. The highest BCUT2D eigenvalue weighted by Crippen LogP contribution is 2.31. The molecule has 0 aliphatic rings. The van der Waals surface area contributed by atoms with Gasteiger partial charge in [-0.2, -0.15) is 0 Å². The highest BCUT2D eigenvalue weighted by Gasteiger charge is 2.19. The fourth-order valence-electron chi connectivity index (χ4n) is 1.57. The number of thiophene rings is 1. The second kappa shape index (κ2) is 7.83. The quantitative estimate of drug-likeness (QED) is 0.627. The number of benzene rings is 1. The first-order chi connectivity index (χ1) is 10.5. The van der Waals surface area contributed by atoms with E-state index in [4.69, 9.17) is 39.5 Å². The number of carbonyl (C=O) groups excluding carboxylic acids is 2. The molecule has 2 aromatic rings. The highest BCUT2D eigenvalue weighted by atomic mass is 35.5. The van der Waals surface area contributed by atoms with Crippen LogP contribution in [0, 0.1) is 0 Å². The van der Waals surface area contributed by atoms with Crippen molar-refractivity contribution < 1.29 is 14.3 Å². The van der Waals surface area contributed by atoms with Crippen molar-refractivity contribution in [3.63, 3.8) is 0 Å². The minimum atomic E-state index is -0.802. The lowest BCUT2D eigenvalue weighted by molar-refractivity contribution is -0.124. The summed E-state index contributed by atoms with van der Waals surface area (Å²) in [6, 6.07) is 6.68. The van der Waals surface area contributed by atoms with E-state index >= 15 is 0 Å². The Labute approximate surface area is 145 Å². The molecule has 1 heterocycles. The molecule has 0 atom stereocenters. The van der Waals surface area contributed by atoms with Crippen molar-refractivity contribution in [3.8, 4) is 0 Å². The lowest BCUT2D eigenvalue weighted by Gasteiger charge is -2.09. The monoisotopic (exact) mass is 377 g/mol. The summed E-state index contributed by atoms with van der Waals surface area (Å²) in [6.45, 7) is -0.0455. The Hall–Kier alpha value is -1.27. The third-order valence-corrected chi connectivity index (χ3v) is 4.62. The van der Waals surface area contributed by atoms with Gasteiger partial charge in [-0.1, -0.05) is 40.9 Å². The molecule has 4 nitrogen and oxygen atoms in total. The molecule has 0 aliphatic heterocycles. The molecule has 22 heavy (non-hydrogen) atoms. The van der Waals surface area contributed by atoms with Crippen molar-refractivity contribution in [3.05, 3.63) is 55.2 Å². The van der Waals surface area contributed by atoms with Gasteiger partial charge in [0.05, 0.1) is 27.2 Å². The van der Waals surface area contributed by atoms with Crippen LogP contribution in [0.3, 0.4) is 0 Å². The molecule has 1 N–H and O–H groups in total. The summed E-state index contributed by atoms with van der Waals surface area (Å²) in [7, 11) is 0. The van der Waals surface area contributed by atoms with E-state index in [2.05, 4.69) is 5.32 Å². The number of hydrogen-bond acceptors (Lipinski definition) is 4. The molecule has 8 heteroatoms. The van der Waals surface area contributed by atoms with Crippen molar-refractivity contribution in [2.75, 3.05) is 6.61 Å². The summed E-state index contributed by atoms with van der Waals surface area (Å²) in [6.07, 6.45) is 0. The van der Waals surface area contributed by atoms with Crippen LogP contribution < -0.4 is 5.32 Å². The van der Waals surface area contributed by atoms with Gasteiger partial charge in [0.2, 0.25) is 0 Å². The molecular formula is C14H10Cl3NO3S. The first-order valence-corrected chi connectivity index (χ1v) is 8.10. The van der Waals surface area contributed by atoms with Gasteiger partial charge in [-0.3, -0.25) is 4.79 Å². The topological polar surface area (TPSA) is 55.4 Å². The van der Waals surface area contributed by atoms with Crippen LogP contribution in [0.15, 0.2) is 29.6 Å². The van der Waals surface area contributed by atoms with E-state index in [9.17, 15) is 9.59 Å². The molecule has 0 fully saturated rings. The fourth-order valence-corrected chi connectivity index (χ4v) is 2.89. The Bertz CT molecular complexity index is 689. The van der Waals surface area contributed by atoms with Gasteiger partial charge in [0.25, 0.3) is 5.91 Å². The van der Waals surface area contributed by atoms with Gasteiger partial charge in [-0.15, -0.1) is 11.3 Å². The largest absolute Gasteiger partial charge is 0.452 e. The second-order valence-electron chi connectivity index (χ2n) is 4.15. The summed E-state index contributed by atoms with van der Waals surface area (Å²) in [4.78, 5) is 24.6. The summed E-state index contributed by atoms with van der Waals surface area (Å²) >= 11 is 19.2. The molecule has 0 unspecified atom stereocenters. The normalized spacial score (nSPS) is 10.3. The molecule has 0 radical (unpaired) electrons. The number of amides is 1. The van der Waals surface area contributed by atoms with E-state index in [0.29, 0.717) is 6.54 Å². The molecule has 1 amide bonds. The van der Waals surface area contributed by atoms with E-state index in [1.165, 1.54) is 23.5 Å². The number of esters is 1. The number of rotatable bonds is 5. The number of hydrogen-bond donors (Lipinski definition) is 1. The van der Waals surface area contributed by atoms with Gasteiger partial charge >= 0.3 is 5.97 Å². The van der Waals surface area contributed by atoms with Gasteiger partial charge < -0.3 is 10.1 Å². The summed E-state index contributed by atoms with van der Waals surface area (Å²) in [5.74, 6) is -1.22. The SMILES string of the molecule is O=C(COC(=O)c1c(Cl)ccc(Cl)c1Cl)NCc1cccs1. The fraction of sp³-hybridized carbons (Fsp3) is 0.143. The number of halogens is 3. The van der Waals surface area contributed by atoms with Crippen molar-refractivity contribution in [1.29, 1.82) is 0 Å². The lowest BCUT2D eigenvalue weighted by Crippen LogP contribution is -2.28.